The van der Waals surface area contributed by atoms with Crippen LogP contribution >= 0.6 is 22.7 Å². The number of nitrogens with zero attached hydrogens (tertiary/aromatic N) is 3. The fourth-order valence-electron chi connectivity index (χ4n) is 2.06. The lowest BCUT2D eigenvalue weighted by atomic mass is 10.3. The number of hydrogen-bond donors (Lipinski definition) is 3. The number of anilines is 2. The van der Waals surface area contributed by atoms with E-state index >= 15 is 0 Å². The van der Waals surface area contributed by atoms with E-state index in [9.17, 15) is 0 Å². The minimum atomic E-state index is 0.0765. The molecule has 110 valence electrons. The second-order valence-corrected chi connectivity index (χ2v) is 7.29. The Morgan fingerprint density at radius 3 is 2.67 bits per heavy atom. The molecule has 0 aliphatic carbocycles. The number of rotatable bonds is 4. The fraction of sp³-hybridized carbons (Fsp3) is 0.308. The molecule has 0 spiro atoms. The Bertz CT molecular complexity index is 778. The number of aromatic nitrogens is 3. The average molecular weight is 320 g/mol. The van der Waals surface area contributed by atoms with Gasteiger partial charge in [0, 0.05) is 16.0 Å². The van der Waals surface area contributed by atoms with Crippen LogP contribution in [0.3, 0.4) is 0 Å². The molecule has 3 aromatic rings. The van der Waals surface area contributed by atoms with Crippen LogP contribution in [0.15, 0.2) is 12.3 Å². The van der Waals surface area contributed by atoms with Crippen LogP contribution in [0.25, 0.3) is 10.2 Å². The lowest BCUT2D eigenvalue weighted by Crippen LogP contribution is -2.13. The van der Waals surface area contributed by atoms with Gasteiger partial charge < -0.3 is 5.32 Å². The zero-order valence-corrected chi connectivity index (χ0v) is 13.6. The van der Waals surface area contributed by atoms with Crippen molar-refractivity contribution in [1.29, 1.82) is 0 Å². The zero-order chi connectivity index (χ0) is 15.0. The van der Waals surface area contributed by atoms with Crippen molar-refractivity contribution in [3.05, 3.63) is 27.0 Å². The smallest absolute Gasteiger partial charge is 0.240 e. The number of aryl methyl sites for hydroxylation is 2. The van der Waals surface area contributed by atoms with Crippen LogP contribution in [0.2, 0.25) is 0 Å². The summed E-state index contributed by atoms with van der Waals surface area (Å²) in [6, 6.07) is 2.16. The highest BCUT2D eigenvalue weighted by molar-refractivity contribution is 7.18. The highest BCUT2D eigenvalue weighted by atomic mass is 32.1. The topological polar surface area (TPSA) is 88.8 Å². The third-order valence-electron chi connectivity index (χ3n) is 3.01. The van der Waals surface area contributed by atoms with E-state index in [0.29, 0.717) is 5.95 Å². The van der Waals surface area contributed by atoms with Crippen LogP contribution in [0, 0.1) is 13.8 Å². The Morgan fingerprint density at radius 2 is 2.00 bits per heavy atom. The summed E-state index contributed by atoms with van der Waals surface area (Å²) in [5, 5.41) is 5.46. The van der Waals surface area contributed by atoms with Crippen molar-refractivity contribution >= 4 is 44.7 Å². The van der Waals surface area contributed by atoms with E-state index in [1.165, 1.54) is 9.75 Å². The molecule has 6 nitrogen and oxygen atoms in total. The SMILES string of the molecule is Cc1cnc(C(C)Nc2nc(NN)nc3sc(C)cc23)s1. The Balaban J connectivity index is 1.98. The van der Waals surface area contributed by atoms with Gasteiger partial charge in [0.15, 0.2) is 0 Å². The van der Waals surface area contributed by atoms with Gasteiger partial charge in [-0.15, -0.1) is 22.7 Å². The molecule has 3 aromatic heterocycles. The number of nitrogens with two attached hydrogens (primary N) is 1. The first-order chi connectivity index (χ1) is 10.1. The molecule has 0 saturated heterocycles. The van der Waals surface area contributed by atoms with Gasteiger partial charge in [0.25, 0.3) is 0 Å². The summed E-state index contributed by atoms with van der Waals surface area (Å²) in [5.41, 5.74) is 2.52. The van der Waals surface area contributed by atoms with Crippen molar-refractivity contribution in [2.45, 2.75) is 26.8 Å². The predicted molar refractivity (Wildman–Crippen MR) is 88.9 cm³/mol. The van der Waals surface area contributed by atoms with Crippen LogP contribution in [-0.2, 0) is 0 Å². The molecule has 1 atom stereocenters. The molecule has 0 aliphatic rings. The van der Waals surface area contributed by atoms with Gasteiger partial charge in [-0.2, -0.15) is 4.98 Å². The number of fused-ring (bicyclic) bond motifs is 1. The quantitative estimate of drug-likeness (QED) is 0.505. The third-order valence-corrected chi connectivity index (χ3v) is 5.05. The summed E-state index contributed by atoms with van der Waals surface area (Å²) < 4.78 is 0. The molecule has 0 saturated carbocycles. The van der Waals surface area contributed by atoms with Crippen LogP contribution in [0.4, 0.5) is 11.8 Å². The van der Waals surface area contributed by atoms with E-state index in [1.807, 2.05) is 6.20 Å². The number of hydrogen-bond acceptors (Lipinski definition) is 8. The van der Waals surface area contributed by atoms with Gasteiger partial charge in [0.05, 0.1) is 11.4 Å². The largest absolute Gasteiger partial charge is 0.360 e. The molecule has 0 amide bonds. The Kier molecular flexibility index (Phi) is 3.75. The van der Waals surface area contributed by atoms with Crippen molar-refractivity contribution < 1.29 is 0 Å². The van der Waals surface area contributed by atoms with E-state index in [4.69, 9.17) is 5.84 Å². The van der Waals surface area contributed by atoms with Crippen molar-refractivity contribution in [3.8, 4) is 0 Å². The minimum Gasteiger partial charge on any atom is -0.360 e. The first kappa shape index (κ1) is 14.2. The van der Waals surface area contributed by atoms with Gasteiger partial charge in [-0.1, -0.05) is 0 Å². The molecule has 21 heavy (non-hydrogen) atoms. The number of thiophene rings is 1. The Labute approximate surface area is 130 Å². The fourth-order valence-corrected chi connectivity index (χ4v) is 3.71. The molecule has 3 heterocycles. The summed E-state index contributed by atoms with van der Waals surface area (Å²) in [6.45, 7) is 6.18. The molecule has 0 radical (unpaired) electrons. The maximum Gasteiger partial charge on any atom is 0.240 e. The highest BCUT2D eigenvalue weighted by Gasteiger charge is 2.15. The summed E-state index contributed by atoms with van der Waals surface area (Å²) >= 11 is 3.30. The number of hydrazine groups is 1. The van der Waals surface area contributed by atoms with E-state index in [2.05, 4.69) is 52.5 Å². The number of nitrogens with one attached hydrogen (secondary N) is 2. The van der Waals surface area contributed by atoms with E-state index < -0.39 is 0 Å². The second-order valence-electron chi connectivity index (χ2n) is 4.79. The highest BCUT2D eigenvalue weighted by Crippen LogP contribution is 2.32. The van der Waals surface area contributed by atoms with E-state index in [-0.39, 0.29) is 6.04 Å². The lowest BCUT2D eigenvalue weighted by molar-refractivity contribution is 0.862. The molecular weight excluding hydrogens is 304 g/mol. The summed E-state index contributed by atoms with van der Waals surface area (Å²) in [6.07, 6.45) is 1.88. The Hall–Kier alpha value is -1.77. The summed E-state index contributed by atoms with van der Waals surface area (Å²) in [5.74, 6) is 6.64. The third kappa shape index (κ3) is 2.82. The standard InChI is InChI=1S/C13H16N6S2/c1-6-4-9-10(17-13(19-14)18-12(9)20-6)16-8(3)11-15-5-7(2)21-11/h4-5,8H,14H2,1-3H3,(H2,16,17,18,19). The van der Waals surface area contributed by atoms with Crippen molar-refractivity contribution in [2.75, 3.05) is 10.7 Å². The molecular formula is C13H16N6S2. The van der Waals surface area contributed by atoms with E-state index in [0.717, 1.165) is 21.0 Å². The molecule has 0 aromatic carbocycles. The molecule has 3 rings (SSSR count). The molecule has 0 fully saturated rings. The predicted octanol–water partition coefficient (Wildman–Crippen LogP) is 3.22. The van der Waals surface area contributed by atoms with Crippen molar-refractivity contribution in [1.82, 2.24) is 15.0 Å². The maximum absolute atomic E-state index is 5.45. The first-order valence-corrected chi connectivity index (χ1v) is 8.14. The summed E-state index contributed by atoms with van der Waals surface area (Å²) in [7, 11) is 0. The normalized spacial score (nSPS) is 12.6. The van der Waals surface area contributed by atoms with Crippen molar-refractivity contribution in [3.63, 3.8) is 0 Å². The van der Waals surface area contributed by atoms with Gasteiger partial charge in [-0.3, -0.25) is 5.43 Å². The van der Waals surface area contributed by atoms with Gasteiger partial charge in [0.2, 0.25) is 5.95 Å². The van der Waals surface area contributed by atoms with Crippen molar-refractivity contribution in [2.24, 2.45) is 5.84 Å². The lowest BCUT2D eigenvalue weighted by Gasteiger charge is -2.13. The summed E-state index contributed by atoms with van der Waals surface area (Å²) in [4.78, 5) is 16.5. The monoisotopic (exact) mass is 320 g/mol. The van der Waals surface area contributed by atoms with Crippen LogP contribution in [0.5, 0.6) is 0 Å². The molecule has 1 unspecified atom stereocenters. The molecule has 4 N–H and O–H groups in total. The molecule has 0 aliphatic heterocycles. The first-order valence-electron chi connectivity index (χ1n) is 6.50. The zero-order valence-electron chi connectivity index (χ0n) is 12.0. The minimum absolute atomic E-state index is 0.0765. The average Bonchev–Trinajstić information content (AvgIpc) is 3.03. The number of thiazole rings is 1. The van der Waals surface area contributed by atoms with Gasteiger partial charge >= 0.3 is 0 Å². The van der Waals surface area contributed by atoms with Crippen LogP contribution < -0.4 is 16.6 Å². The number of nitrogen functional groups attached to an aromatic ring is 1. The maximum atomic E-state index is 5.45. The van der Waals surface area contributed by atoms with Gasteiger partial charge in [-0.05, 0) is 26.8 Å². The van der Waals surface area contributed by atoms with E-state index in [1.54, 1.807) is 22.7 Å². The molecule has 0 bridgehead atoms. The second kappa shape index (κ2) is 5.55. The van der Waals surface area contributed by atoms with Crippen LogP contribution in [0.1, 0.15) is 27.7 Å². The van der Waals surface area contributed by atoms with Gasteiger partial charge in [-0.25, -0.2) is 15.8 Å². The Morgan fingerprint density at radius 1 is 1.19 bits per heavy atom. The molecule has 8 heteroatoms. The van der Waals surface area contributed by atoms with Crippen LogP contribution in [-0.4, -0.2) is 15.0 Å². The van der Waals surface area contributed by atoms with Gasteiger partial charge in [0.1, 0.15) is 15.7 Å².